The molecule has 1 aromatic heterocycles. The highest BCUT2D eigenvalue weighted by atomic mass is 16.5. The topological polar surface area (TPSA) is 88.3 Å². The average molecular weight is 328 g/mol. The number of anilines is 1. The van der Waals surface area contributed by atoms with Crippen molar-refractivity contribution in [3.05, 3.63) is 64.1 Å². The van der Waals surface area contributed by atoms with E-state index in [1.54, 1.807) is 0 Å². The van der Waals surface area contributed by atoms with E-state index in [0.29, 0.717) is 5.69 Å². The Kier molecular flexibility index (Phi) is 6.31. The maximum atomic E-state index is 11.8. The first-order valence-electron chi connectivity index (χ1n) is 7.83. The summed E-state index contributed by atoms with van der Waals surface area (Å²) in [6, 6.07) is 10.4. The summed E-state index contributed by atoms with van der Waals surface area (Å²) in [5, 5.41) is 2.64. The Morgan fingerprint density at radius 1 is 1.17 bits per heavy atom. The van der Waals surface area contributed by atoms with E-state index in [2.05, 4.69) is 17.2 Å². The molecule has 0 atom stereocenters. The molecule has 0 bridgehead atoms. The van der Waals surface area contributed by atoms with Crippen molar-refractivity contribution in [3.8, 4) is 0 Å². The van der Waals surface area contributed by atoms with Gasteiger partial charge in [-0.25, -0.2) is 4.79 Å². The molecule has 0 aliphatic heterocycles. The third-order valence-electron chi connectivity index (χ3n) is 3.43. The number of amides is 1. The van der Waals surface area contributed by atoms with Crippen LogP contribution in [0.15, 0.2) is 47.4 Å². The number of aromatic amines is 1. The summed E-state index contributed by atoms with van der Waals surface area (Å²) >= 11 is 0. The van der Waals surface area contributed by atoms with Gasteiger partial charge in [0.25, 0.3) is 11.5 Å². The largest absolute Gasteiger partial charge is 0.452 e. The van der Waals surface area contributed by atoms with Gasteiger partial charge in [-0.05, 0) is 42.7 Å². The van der Waals surface area contributed by atoms with Gasteiger partial charge in [-0.2, -0.15) is 0 Å². The number of esters is 1. The van der Waals surface area contributed by atoms with E-state index in [0.717, 1.165) is 19.3 Å². The van der Waals surface area contributed by atoms with Crippen LogP contribution in [0.25, 0.3) is 0 Å². The second kappa shape index (κ2) is 8.67. The first-order chi connectivity index (χ1) is 11.6. The van der Waals surface area contributed by atoms with E-state index in [9.17, 15) is 14.4 Å². The summed E-state index contributed by atoms with van der Waals surface area (Å²) in [5.74, 6) is -1.29. The highest BCUT2D eigenvalue weighted by Crippen LogP contribution is 2.11. The summed E-state index contributed by atoms with van der Waals surface area (Å²) in [4.78, 5) is 37.4. The second-order valence-corrected chi connectivity index (χ2v) is 5.34. The molecule has 1 amide bonds. The Bertz CT molecular complexity index is 750. The number of aromatic nitrogens is 1. The lowest BCUT2D eigenvalue weighted by atomic mass is 10.1. The van der Waals surface area contributed by atoms with Crippen LogP contribution in [0.2, 0.25) is 0 Å². The molecule has 2 rings (SSSR count). The maximum Gasteiger partial charge on any atom is 0.344 e. The fraction of sp³-hybridized carbons (Fsp3) is 0.278. The Labute approximate surface area is 139 Å². The van der Waals surface area contributed by atoms with Gasteiger partial charge in [-0.15, -0.1) is 0 Å². The van der Waals surface area contributed by atoms with Crippen molar-refractivity contribution >= 4 is 17.6 Å². The molecule has 0 aliphatic carbocycles. The Morgan fingerprint density at radius 2 is 1.92 bits per heavy atom. The van der Waals surface area contributed by atoms with Gasteiger partial charge in [0.2, 0.25) is 0 Å². The molecule has 0 aliphatic rings. The van der Waals surface area contributed by atoms with Gasteiger partial charge >= 0.3 is 5.97 Å². The molecule has 0 radical (unpaired) electrons. The van der Waals surface area contributed by atoms with Gasteiger partial charge in [-0.3, -0.25) is 9.59 Å². The van der Waals surface area contributed by atoms with Crippen molar-refractivity contribution < 1.29 is 14.3 Å². The van der Waals surface area contributed by atoms with Crippen molar-refractivity contribution in [3.63, 3.8) is 0 Å². The number of pyridine rings is 1. The third-order valence-corrected chi connectivity index (χ3v) is 3.43. The van der Waals surface area contributed by atoms with Crippen LogP contribution < -0.4 is 10.9 Å². The van der Waals surface area contributed by atoms with Crippen LogP contribution in [0.1, 0.15) is 35.7 Å². The van der Waals surface area contributed by atoms with Gasteiger partial charge < -0.3 is 15.0 Å². The Morgan fingerprint density at radius 3 is 2.58 bits per heavy atom. The smallest absolute Gasteiger partial charge is 0.344 e. The zero-order valence-corrected chi connectivity index (χ0v) is 13.5. The molecule has 0 saturated carbocycles. The van der Waals surface area contributed by atoms with Gasteiger partial charge in [-0.1, -0.05) is 25.5 Å². The fourth-order valence-electron chi connectivity index (χ4n) is 2.12. The number of rotatable bonds is 7. The minimum Gasteiger partial charge on any atom is -0.452 e. The van der Waals surface area contributed by atoms with Crippen LogP contribution in [0.5, 0.6) is 0 Å². The molecule has 1 aromatic carbocycles. The lowest BCUT2D eigenvalue weighted by Crippen LogP contribution is -2.24. The summed E-state index contributed by atoms with van der Waals surface area (Å²) in [5.41, 5.74) is 1.16. The first kappa shape index (κ1) is 17.5. The summed E-state index contributed by atoms with van der Waals surface area (Å²) in [7, 11) is 0. The number of ether oxygens (including phenoxy) is 1. The molecule has 0 fully saturated rings. The number of carbonyl (C=O) groups is 2. The minimum absolute atomic E-state index is 0.134. The number of benzene rings is 1. The van der Waals surface area contributed by atoms with Crippen LogP contribution in [0.4, 0.5) is 5.69 Å². The van der Waals surface area contributed by atoms with Gasteiger partial charge in [0.1, 0.15) is 5.56 Å². The monoisotopic (exact) mass is 328 g/mol. The number of nitrogens with one attached hydrogen (secondary N) is 2. The summed E-state index contributed by atoms with van der Waals surface area (Å²) in [6.07, 6.45) is 4.68. The van der Waals surface area contributed by atoms with Crippen LogP contribution in [-0.4, -0.2) is 23.5 Å². The van der Waals surface area contributed by atoms with Gasteiger partial charge in [0.05, 0.1) is 0 Å². The SMILES string of the molecule is CCCCc1ccc(NC(=O)COC(=O)c2ccc[nH]c2=O)cc1. The van der Waals surface area contributed by atoms with E-state index >= 15 is 0 Å². The van der Waals surface area contributed by atoms with Crippen LogP contribution in [0, 0.1) is 0 Å². The molecule has 2 N–H and O–H groups in total. The highest BCUT2D eigenvalue weighted by Gasteiger charge is 2.13. The average Bonchev–Trinajstić information content (AvgIpc) is 2.59. The summed E-state index contributed by atoms with van der Waals surface area (Å²) in [6.45, 7) is 1.68. The third kappa shape index (κ3) is 5.08. The van der Waals surface area contributed by atoms with E-state index in [1.165, 1.54) is 23.9 Å². The molecule has 6 nitrogen and oxygen atoms in total. The first-order valence-corrected chi connectivity index (χ1v) is 7.83. The zero-order valence-electron chi connectivity index (χ0n) is 13.5. The standard InChI is InChI=1S/C18H20N2O4/c1-2-3-5-13-7-9-14(10-8-13)20-16(21)12-24-18(23)15-6-4-11-19-17(15)22/h4,6-11H,2-3,5,12H2,1H3,(H,19,22)(H,20,21). The second-order valence-electron chi connectivity index (χ2n) is 5.34. The van der Waals surface area contributed by atoms with E-state index in [1.807, 2.05) is 24.3 Å². The fourth-order valence-corrected chi connectivity index (χ4v) is 2.12. The molecular weight excluding hydrogens is 308 g/mol. The molecule has 126 valence electrons. The van der Waals surface area contributed by atoms with E-state index < -0.39 is 24.0 Å². The molecule has 24 heavy (non-hydrogen) atoms. The normalized spacial score (nSPS) is 10.2. The van der Waals surface area contributed by atoms with Crippen molar-refractivity contribution in [2.45, 2.75) is 26.2 Å². The van der Waals surface area contributed by atoms with Crippen molar-refractivity contribution in [1.29, 1.82) is 0 Å². The predicted molar refractivity (Wildman–Crippen MR) is 91.0 cm³/mol. The van der Waals surface area contributed by atoms with E-state index in [4.69, 9.17) is 4.74 Å². The zero-order chi connectivity index (χ0) is 17.4. The van der Waals surface area contributed by atoms with Crippen molar-refractivity contribution in [1.82, 2.24) is 4.98 Å². The lowest BCUT2D eigenvalue weighted by molar-refractivity contribution is -0.119. The molecule has 1 heterocycles. The number of hydrogen-bond donors (Lipinski definition) is 2. The number of H-pyrrole nitrogens is 1. The van der Waals surface area contributed by atoms with Crippen molar-refractivity contribution in [2.24, 2.45) is 0 Å². The molecule has 6 heteroatoms. The maximum absolute atomic E-state index is 11.8. The van der Waals surface area contributed by atoms with Crippen LogP contribution >= 0.6 is 0 Å². The Hall–Kier alpha value is -2.89. The molecule has 0 saturated heterocycles. The van der Waals surface area contributed by atoms with Gasteiger partial charge in [0, 0.05) is 11.9 Å². The quantitative estimate of drug-likeness (QED) is 0.764. The number of hydrogen-bond acceptors (Lipinski definition) is 4. The minimum atomic E-state index is -0.832. The van der Waals surface area contributed by atoms with E-state index in [-0.39, 0.29) is 5.56 Å². The van der Waals surface area contributed by atoms with Crippen molar-refractivity contribution in [2.75, 3.05) is 11.9 Å². The lowest BCUT2D eigenvalue weighted by Gasteiger charge is -2.07. The number of unbranched alkanes of at least 4 members (excludes halogenated alkanes) is 1. The number of aryl methyl sites for hydroxylation is 1. The molecule has 0 unspecified atom stereocenters. The highest BCUT2D eigenvalue weighted by molar-refractivity contribution is 5.95. The number of carbonyl (C=O) groups excluding carboxylic acids is 2. The molecule has 2 aromatic rings. The summed E-state index contributed by atoms with van der Waals surface area (Å²) < 4.78 is 4.85. The predicted octanol–water partition coefficient (Wildman–Crippen LogP) is 2.51. The van der Waals surface area contributed by atoms with Crippen LogP contribution in [0.3, 0.4) is 0 Å². The molecular formula is C18H20N2O4. The Balaban J connectivity index is 1.84. The van der Waals surface area contributed by atoms with Crippen LogP contribution in [-0.2, 0) is 16.0 Å². The molecule has 0 spiro atoms. The van der Waals surface area contributed by atoms with Gasteiger partial charge in [0.15, 0.2) is 6.61 Å².